The molecule has 0 saturated carbocycles. The average Bonchev–Trinajstić information content (AvgIpc) is 2.64. The van der Waals surface area contributed by atoms with Crippen molar-refractivity contribution >= 4 is 0 Å². The minimum atomic E-state index is 0.752. The summed E-state index contributed by atoms with van der Waals surface area (Å²) in [4.78, 5) is 4.15. The van der Waals surface area contributed by atoms with E-state index in [1.165, 1.54) is 11.1 Å². The number of rotatable bonds is 4. The van der Waals surface area contributed by atoms with Gasteiger partial charge in [-0.1, -0.05) is 6.07 Å². The summed E-state index contributed by atoms with van der Waals surface area (Å²) in [6.07, 6.45) is 3.74. The summed E-state index contributed by atoms with van der Waals surface area (Å²) in [6, 6.07) is 6.11. The highest BCUT2D eigenvalue weighted by Crippen LogP contribution is 2.06. The highest BCUT2D eigenvalue weighted by molar-refractivity contribution is 5.16. The van der Waals surface area contributed by atoms with Crippen LogP contribution >= 0.6 is 0 Å². The number of hydrogen-bond acceptors (Lipinski definition) is 3. The third-order valence-electron chi connectivity index (χ3n) is 2.36. The molecule has 0 spiro atoms. The molecule has 0 aliphatic heterocycles. The molecule has 0 amide bonds. The normalized spacial score (nSPS) is 10.6. The Balaban J connectivity index is 1.84. The van der Waals surface area contributed by atoms with Crippen LogP contribution in [0.3, 0.4) is 0 Å². The topological polar surface area (TPSA) is 38.1 Å². The lowest BCUT2D eigenvalue weighted by Crippen LogP contribution is -2.12. The maximum absolute atomic E-state index is 5.47. The summed E-state index contributed by atoms with van der Waals surface area (Å²) >= 11 is 0. The first kappa shape index (κ1) is 10.9. The Labute approximate surface area is 95.5 Å². The second kappa shape index (κ2) is 4.94. The van der Waals surface area contributed by atoms with Gasteiger partial charge in [0.1, 0.15) is 11.5 Å². The van der Waals surface area contributed by atoms with Crippen LogP contribution in [-0.2, 0) is 13.1 Å². The standard InChI is InChI=1S/C13H16N2O/c1-10-5-12(7-14-6-10)8-15-9-13-4-3-11(2)16-13/h3-7,15H,8-9H2,1-2H3. The molecule has 0 radical (unpaired) electrons. The number of pyridine rings is 1. The molecule has 2 aromatic rings. The van der Waals surface area contributed by atoms with E-state index in [0.29, 0.717) is 0 Å². The van der Waals surface area contributed by atoms with E-state index in [9.17, 15) is 0 Å². The molecule has 1 N–H and O–H groups in total. The van der Waals surface area contributed by atoms with Crippen LogP contribution in [0.4, 0.5) is 0 Å². The molecule has 2 aromatic heterocycles. The minimum Gasteiger partial charge on any atom is -0.465 e. The van der Waals surface area contributed by atoms with Crippen molar-refractivity contribution in [3.8, 4) is 0 Å². The summed E-state index contributed by atoms with van der Waals surface area (Å²) in [6.45, 7) is 5.57. The molecule has 3 nitrogen and oxygen atoms in total. The smallest absolute Gasteiger partial charge is 0.117 e. The summed E-state index contributed by atoms with van der Waals surface area (Å²) in [5.74, 6) is 1.92. The second-order valence-corrected chi connectivity index (χ2v) is 3.99. The number of aromatic nitrogens is 1. The fraction of sp³-hybridized carbons (Fsp3) is 0.308. The maximum Gasteiger partial charge on any atom is 0.117 e. The Morgan fingerprint density at radius 3 is 2.75 bits per heavy atom. The van der Waals surface area contributed by atoms with Gasteiger partial charge in [0.05, 0.1) is 6.54 Å². The summed E-state index contributed by atoms with van der Waals surface area (Å²) in [5, 5.41) is 3.32. The van der Waals surface area contributed by atoms with Crippen LogP contribution < -0.4 is 5.32 Å². The Morgan fingerprint density at radius 1 is 1.19 bits per heavy atom. The van der Waals surface area contributed by atoms with E-state index in [4.69, 9.17) is 4.42 Å². The molecular formula is C13H16N2O. The van der Waals surface area contributed by atoms with E-state index in [0.717, 1.165) is 24.6 Å². The largest absolute Gasteiger partial charge is 0.465 e. The first-order valence-electron chi connectivity index (χ1n) is 5.40. The minimum absolute atomic E-state index is 0.752. The van der Waals surface area contributed by atoms with Gasteiger partial charge in [0.25, 0.3) is 0 Å². The molecule has 0 aliphatic carbocycles. The van der Waals surface area contributed by atoms with Gasteiger partial charge < -0.3 is 9.73 Å². The van der Waals surface area contributed by atoms with Gasteiger partial charge in [-0.05, 0) is 37.1 Å². The molecule has 0 fully saturated rings. The first-order chi connectivity index (χ1) is 7.74. The fourth-order valence-electron chi connectivity index (χ4n) is 1.62. The summed E-state index contributed by atoms with van der Waals surface area (Å²) in [5.41, 5.74) is 2.39. The highest BCUT2D eigenvalue weighted by atomic mass is 16.3. The summed E-state index contributed by atoms with van der Waals surface area (Å²) < 4.78 is 5.47. The van der Waals surface area contributed by atoms with E-state index in [2.05, 4.69) is 16.4 Å². The number of aryl methyl sites for hydroxylation is 2. The van der Waals surface area contributed by atoms with Gasteiger partial charge in [-0.15, -0.1) is 0 Å². The third kappa shape index (κ3) is 2.94. The molecule has 84 valence electrons. The van der Waals surface area contributed by atoms with Crippen molar-refractivity contribution in [1.29, 1.82) is 0 Å². The number of furan rings is 1. The predicted molar refractivity (Wildman–Crippen MR) is 63.0 cm³/mol. The predicted octanol–water partition coefficient (Wildman–Crippen LogP) is 2.58. The molecule has 0 atom stereocenters. The van der Waals surface area contributed by atoms with Crippen molar-refractivity contribution in [1.82, 2.24) is 10.3 Å². The van der Waals surface area contributed by atoms with Gasteiger partial charge in [0.2, 0.25) is 0 Å². The monoisotopic (exact) mass is 216 g/mol. The Bertz CT molecular complexity index is 462. The number of nitrogens with zero attached hydrogens (tertiary/aromatic N) is 1. The van der Waals surface area contributed by atoms with Gasteiger partial charge in [0.15, 0.2) is 0 Å². The lowest BCUT2D eigenvalue weighted by Gasteiger charge is -2.03. The Kier molecular flexibility index (Phi) is 3.37. The average molecular weight is 216 g/mol. The van der Waals surface area contributed by atoms with Gasteiger partial charge in [-0.3, -0.25) is 4.98 Å². The molecule has 3 heteroatoms. The maximum atomic E-state index is 5.47. The molecule has 0 bridgehead atoms. The first-order valence-corrected chi connectivity index (χ1v) is 5.40. The molecule has 2 rings (SSSR count). The number of nitrogens with one attached hydrogen (secondary N) is 1. The molecule has 16 heavy (non-hydrogen) atoms. The van der Waals surface area contributed by atoms with E-state index >= 15 is 0 Å². The van der Waals surface area contributed by atoms with Crippen LogP contribution in [0, 0.1) is 13.8 Å². The van der Waals surface area contributed by atoms with Crippen LogP contribution in [0.15, 0.2) is 35.0 Å². The van der Waals surface area contributed by atoms with Crippen molar-refractivity contribution < 1.29 is 4.42 Å². The summed E-state index contributed by atoms with van der Waals surface area (Å²) in [7, 11) is 0. The zero-order valence-electron chi connectivity index (χ0n) is 9.66. The molecule has 2 heterocycles. The van der Waals surface area contributed by atoms with Crippen molar-refractivity contribution in [3.63, 3.8) is 0 Å². The van der Waals surface area contributed by atoms with Crippen LogP contribution in [0.1, 0.15) is 22.6 Å². The zero-order chi connectivity index (χ0) is 11.4. The van der Waals surface area contributed by atoms with Crippen LogP contribution in [-0.4, -0.2) is 4.98 Å². The van der Waals surface area contributed by atoms with Crippen LogP contribution in [0.5, 0.6) is 0 Å². The van der Waals surface area contributed by atoms with Crippen molar-refractivity contribution in [2.45, 2.75) is 26.9 Å². The molecule has 0 saturated heterocycles. The van der Waals surface area contributed by atoms with Gasteiger partial charge in [-0.2, -0.15) is 0 Å². The van der Waals surface area contributed by atoms with Gasteiger partial charge in [0, 0.05) is 18.9 Å². The third-order valence-corrected chi connectivity index (χ3v) is 2.36. The van der Waals surface area contributed by atoms with Crippen LogP contribution in [0.25, 0.3) is 0 Å². The van der Waals surface area contributed by atoms with Crippen molar-refractivity contribution in [2.24, 2.45) is 0 Å². The second-order valence-electron chi connectivity index (χ2n) is 3.99. The Hall–Kier alpha value is -1.61. The quantitative estimate of drug-likeness (QED) is 0.853. The molecule has 0 aromatic carbocycles. The SMILES string of the molecule is Cc1cncc(CNCc2ccc(C)o2)c1. The lowest BCUT2D eigenvalue weighted by molar-refractivity contribution is 0.461. The van der Waals surface area contributed by atoms with Gasteiger partial charge >= 0.3 is 0 Å². The van der Waals surface area contributed by atoms with Crippen LogP contribution in [0.2, 0.25) is 0 Å². The van der Waals surface area contributed by atoms with E-state index in [1.54, 1.807) is 0 Å². The molecule has 0 aliphatic rings. The van der Waals surface area contributed by atoms with E-state index in [-0.39, 0.29) is 0 Å². The molecular weight excluding hydrogens is 200 g/mol. The van der Waals surface area contributed by atoms with E-state index in [1.807, 2.05) is 38.4 Å². The van der Waals surface area contributed by atoms with Gasteiger partial charge in [-0.25, -0.2) is 0 Å². The van der Waals surface area contributed by atoms with Crippen molar-refractivity contribution in [3.05, 3.63) is 53.2 Å². The van der Waals surface area contributed by atoms with E-state index < -0.39 is 0 Å². The van der Waals surface area contributed by atoms with Crippen molar-refractivity contribution in [2.75, 3.05) is 0 Å². The highest BCUT2D eigenvalue weighted by Gasteiger charge is 1.98. The Morgan fingerprint density at radius 2 is 2.06 bits per heavy atom. The molecule has 0 unspecified atom stereocenters. The lowest BCUT2D eigenvalue weighted by atomic mass is 10.2. The zero-order valence-corrected chi connectivity index (χ0v) is 9.66. The fourth-order valence-corrected chi connectivity index (χ4v) is 1.62. The number of hydrogen-bond donors (Lipinski definition) is 1.